The highest BCUT2D eigenvalue weighted by Crippen LogP contribution is 2.62. The van der Waals surface area contributed by atoms with Crippen molar-refractivity contribution in [3.8, 4) is 0 Å². The van der Waals surface area contributed by atoms with Crippen molar-refractivity contribution in [1.29, 1.82) is 0 Å². The minimum absolute atomic E-state index is 0.0256. The van der Waals surface area contributed by atoms with Crippen molar-refractivity contribution >= 4 is 30.1 Å². The molecule has 0 N–H and O–H groups in total. The van der Waals surface area contributed by atoms with Crippen LogP contribution in [0.2, 0.25) is 0 Å². The average Bonchev–Trinajstić information content (AvgIpc) is 2.49. The maximum atomic E-state index is 12.6. The van der Waals surface area contributed by atoms with E-state index >= 15 is 0 Å². The molecule has 0 bridgehead atoms. The molecule has 0 aromatic rings. The van der Waals surface area contributed by atoms with Gasteiger partial charge in [0.05, 0.1) is 32.8 Å². The number of carbonyl (C=O) groups excluding carboxylic acids is 2. The normalized spacial score (nSPS) is 14.6. The van der Waals surface area contributed by atoms with Crippen LogP contribution in [0.15, 0.2) is 11.3 Å². The van der Waals surface area contributed by atoms with E-state index < -0.39 is 18.7 Å². The Hall–Kier alpha value is -0.980. The predicted octanol–water partition coefficient (Wildman–Crippen LogP) is 3.30. The summed E-state index contributed by atoms with van der Waals surface area (Å²) in [5, 5.41) is 0. The first-order valence-electron chi connectivity index (χ1n) is 6.77. The number of carbonyl (C=O) groups is 2. The lowest BCUT2D eigenvalue weighted by Crippen LogP contribution is -2.13. The molecule has 0 saturated carbocycles. The molecule has 0 aliphatic heterocycles. The Morgan fingerprint density at radius 1 is 1.14 bits per heavy atom. The van der Waals surface area contributed by atoms with E-state index in [4.69, 9.17) is 9.05 Å². The molecule has 0 aromatic carbocycles. The van der Waals surface area contributed by atoms with E-state index in [0.29, 0.717) is 5.75 Å². The van der Waals surface area contributed by atoms with Gasteiger partial charge in [-0.2, -0.15) is 0 Å². The summed E-state index contributed by atoms with van der Waals surface area (Å²) >= 11 is 1.05. The molecule has 0 aliphatic rings. The Morgan fingerprint density at radius 2 is 1.77 bits per heavy atom. The van der Waals surface area contributed by atoms with Gasteiger partial charge in [0, 0.05) is 5.75 Å². The molecule has 0 rings (SSSR count). The lowest BCUT2D eigenvalue weighted by atomic mass is 10.1. The summed E-state index contributed by atoms with van der Waals surface area (Å²) in [4.78, 5) is 23.1. The van der Waals surface area contributed by atoms with Crippen molar-refractivity contribution in [3.63, 3.8) is 0 Å². The third-order valence-electron chi connectivity index (χ3n) is 2.40. The number of hydrogen-bond donors (Lipinski definition) is 0. The van der Waals surface area contributed by atoms with Crippen LogP contribution in [0, 0.1) is 0 Å². The first-order valence-corrected chi connectivity index (χ1v) is 9.90. The number of ether oxygens (including phenoxy) is 2. The molecule has 0 heterocycles. The molecular formula is C13H23O7PS. The average molecular weight is 354 g/mol. The summed E-state index contributed by atoms with van der Waals surface area (Å²) in [6.45, 7) is 1.81. The molecule has 0 aliphatic carbocycles. The van der Waals surface area contributed by atoms with Crippen LogP contribution in [0.5, 0.6) is 0 Å². The first kappa shape index (κ1) is 21.0. The van der Waals surface area contributed by atoms with E-state index in [1.165, 1.54) is 21.1 Å². The number of methoxy groups -OCH3 is 2. The maximum absolute atomic E-state index is 12.6. The Bertz CT molecular complexity index is 461. The van der Waals surface area contributed by atoms with E-state index in [0.717, 1.165) is 17.8 Å². The lowest BCUT2D eigenvalue weighted by molar-refractivity contribution is -0.143. The van der Waals surface area contributed by atoms with Gasteiger partial charge in [-0.05, 0) is 31.7 Å². The van der Waals surface area contributed by atoms with Crippen molar-refractivity contribution < 1.29 is 32.7 Å². The van der Waals surface area contributed by atoms with Gasteiger partial charge in [-0.3, -0.25) is 9.32 Å². The monoisotopic (exact) mass is 354 g/mol. The van der Waals surface area contributed by atoms with Crippen molar-refractivity contribution in [2.24, 2.45) is 0 Å². The van der Waals surface area contributed by atoms with Gasteiger partial charge < -0.3 is 14.0 Å². The Morgan fingerprint density at radius 3 is 2.23 bits per heavy atom. The molecule has 22 heavy (non-hydrogen) atoms. The molecule has 9 heteroatoms. The van der Waals surface area contributed by atoms with Crippen LogP contribution in [-0.4, -0.2) is 38.5 Å². The van der Waals surface area contributed by atoms with E-state index in [1.54, 1.807) is 6.92 Å². The summed E-state index contributed by atoms with van der Waals surface area (Å²) in [6.07, 6.45) is 0.458. The predicted molar refractivity (Wildman–Crippen MR) is 84.4 cm³/mol. The summed E-state index contributed by atoms with van der Waals surface area (Å²) in [5.74, 6) is -0.769. The SMILES string of the molecule is CCCSP(=O)(OCC)OC(C)=C(CC(=O)OC)C(=O)OC. The zero-order valence-corrected chi connectivity index (χ0v) is 15.3. The fourth-order valence-electron chi connectivity index (χ4n) is 1.35. The highest BCUT2D eigenvalue weighted by atomic mass is 32.7. The standard InChI is InChI=1S/C13H23O7PS/c1-6-8-22-21(16,19-7-2)20-10(3)11(13(15)18-5)9-12(14)17-4/h6-9H2,1-5H3. The lowest BCUT2D eigenvalue weighted by Gasteiger charge is -2.19. The second-order valence-electron chi connectivity index (χ2n) is 4.07. The highest BCUT2D eigenvalue weighted by molar-refractivity contribution is 8.55. The molecule has 0 amide bonds. The number of rotatable bonds is 10. The number of allylic oxidation sites excluding steroid dienone is 1. The van der Waals surface area contributed by atoms with Gasteiger partial charge in [-0.1, -0.05) is 6.92 Å². The molecule has 0 fully saturated rings. The Kier molecular flexibility index (Phi) is 10.2. The van der Waals surface area contributed by atoms with E-state index in [9.17, 15) is 14.2 Å². The van der Waals surface area contributed by atoms with Crippen LogP contribution in [0.1, 0.15) is 33.6 Å². The molecule has 0 aromatic heterocycles. The van der Waals surface area contributed by atoms with Gasteiger partial charge in [0.1, 0.15) is 5.76 Å². The fourth-order valence-corrected chi connectivity index (χ4v) is 4.95. The van der Waals surface area contributed by atoms with Crippen LogP contribution in [0.3, 0.4) is 0 Å². The van der Waals surface area contributed by atoms with Crippen molar-refractivity contribution in [1.82, 2.24) is 0 Å². The van der Waals surface area contributed by atoms with Gasteiger partial charge in [-0.15, -0.1) is 0 Å². The summed E-state index contributed by atoms with van der Waals surface area (Å²) in [5.41, 5.74) is -0.0497. The zero-order chi connectivity index (χ0) is 17.2. The van der Waals surface area contributed by atoms with Gasteiger partial charge in [0.25, 0.3) is 0 Å². The molecule has 7 nitrogen and oxygen atoms in total. The van der Waals surface area contributed by atoms with Crippen LogP contribution < -0.4 is 0 Å². The molecular weight excluding hydrogens is 331 g/mol. The summed E-state index contributed by atoms with van der Waals surface area (Å²) in [6, 6.07) is 0. The quantitative estimate of drug-likeness (QED) is 0.256. The first-order chi connectivity index (χ1) is 10.3. The van der Waals surface area contributed by atoms with Gasteiger partial charge >= 0.3 is 18.7 Å². The molecule has 0 saturated heterocycles. The smallest absolute Gasteiger partial charge is 0.439 e. The zero-order valence-electron chi connectivity index (χ0n) is 13.5. The fraction of sp³-hybridized carbons (Fsp3) is 0.692. The van der Waals surface area contributed by atoms with Crippen molar-refractivity contribution in [2.75, 3.05) is 26.6 Å². The minimum atomic E-state index is -3.45. The van der Waals surface area contributed by atoms with Gasteiger partial charge in [0.15, 0.2) is 0 Å². The summed E-state index contributed by atoms with van der Waals surface area (Å²) in [7, 11) is 2.39. The molecule has 128 valence electrons. The number of hydrogen-bond acceptors (Lipinski definition) is 8. The third-order valence-corrected chi connectivity index (χ3v) is 6.41. The Balaban J connectivity index is 5.36. The molecule has 0 spiro atoms. The van der Waals surface area contributed by atoms with Crippen LogP contribution in [0.4, 0.5) is 0 Å². The minimum Gasteiger partial charge on any atom is -0.469 e. The van der Waals surface area contributed by atoms with Crippen molar-refractivity contribution in [3.05, 3.63) is 11.3 Å². The van der Waals surface area contributed by atoms with E-state index in [2.05, 4.69) is 9.47 Å². The van der Waals surface area contributed by atoms with Crippen LogP contribution in [0.25, 0.3) is 0 Å². The topological polar surface area (TPSA) is 88.1 Å². The highest BCUT2D eigenvalue weighted by Gasteiger charge is 2.29. The van der Waals surface area contributed by atoms with Gasteiger partial charge in [0.2, 0.25) is 0 Å². The second kappa shape index (κ2) is 10.7. The largest absolute Gasteiger partial charge is 0.469 e. The van der Waals surface area contributed by atoms with Crippen LogP contribution in [-0.2, 0) is 32.7 Å². The van der Waals surface area contributed by atoms with E-state index in [1.807, 2.05) is 6.92 Å². The second-order valence-corrected chi connectivity index (χ2v) is 8.19. The van der Waals surface area contributed by atoms with Gasteiger partial charge in [-0.25, -0.2) is 9.36 Å². The Labute approximate surface area is 135 Å². The van der Waals surface area contributed by atoms with Crippen LogP contribution >= 0.6 is 18.2 Å². The summed E-state index contributed by atoms with van der Waals surface area (Å²) < 4.78 is 32.3. The number of esters is 2. The van der Waals surface area contributed by atoms with Crippen molar-refractivity contribution in [2.45, 2.75) is 33.6 Å². The molecule has 1 atom stereocenters. The van der Waals surface area contributed by atoms with E-state index in [-0.39, 0.29) is 24.4 Å². The third kappa shape index (κ3) is 7.33. The molecule has 1 unspecified atom stereocenters. The molecule has 0 radical (unpaired) electrons. The maximum Gasteiger partial charge on any atom is 0.439 e.